The molecular formula is C25H29N3O2S. The largest absolute Gasteiger partial charge is 0.342 e. The minimum atomic E-state index is -0.376. The van der Waals surface area contributed by atoms with Crippen LogP contribution < -0.4 is 5.32 Å². The number of fused-ring (bicyclic) bond motifs is 1. The summed E-state index contributed by atoms with van der Waals surface area (Å²) in [6.45, 7) is 9.19. The van der Waals surface area contributed by atoms with Crippen molar-refractivity contribution in [3.05, 3.63) is 48.0 Å². The number of rotatable bonds is 3. The first-order valence-corrected chi connectivity index (χ1v) is 11.6. The van der Waals surface area contributed by atoms with Crippen molar-refractivity contribution in [2.24, 2.45) is 11.3 Å². The molecule has 0 aliphatic carbocycles. The summed E-state index contributed by atoms with van der Waals surface area (Å²) in [5, 5.41) is 4.02. The van der Waals surface area contributed by atoms with Gasteiger partial charge in [-0.15, -0.1) is 11.3 Å². The van der Waals surface area contributed by atoms with Gasteiger partial charge in [-0.3, -0.25) is 9.59 Å². The molecule has 162 valence electrons. The molecule has 0 saturated carbocycles. The smallest absolute Gasteiger partial charge is 0.227 e. The van der Waals surface area contributed by atoms with Gasteiger partial charge in [0.05, 0.1) is 10.2 Å². The van der Waals surface area contributed by atoms with E-state index in [9.17, 15) is 9.59 Å². The fourth-order valence-electron chi connectivity index (χ4n) is 3.91. The number of aromatic nitrogens is 1. The average molecular weight is 436 g/mol. The number of aryl methyl sites for hydroxylation is 1. The number of likely N-dealkylation sites (tertiary alicyclic amines) is 1. The van der Waals surface area contributed by atoms with E-state index in [1.807, 2.05) is 49.9 Å². The van der Waals surface area contributed by atoms with Gasteiger partial charge >= 0.3 is 0 Å². The number of carbonyl (C=O) groups is 2. The first kappa shape index (κ1) is 21.5. The summed E-state index contributed by atoms with van der Waals surface area (Å²) in [5.74, 6) is 0.134. The van der Waals surface area contributed by atoms with Crippen LogP contribution in [0.15, 0.2) is 42.5 Å². The Balaban J connectivity index is 1.37. The lowest BCUT2D eigenvalue weighted by atomic mass is 9.90. The third-order valence-electron chi connectivity index (χ3n) is 5.74. The number of nitrogens with zero attached hydrogens (tertiary/aromatic N) is 2. The molecule has 2 aromatic carbocycles. The summed E-state index contributed by atoms with van der Waals surface area (Å²) in [4.78, 5) is 31.8. The number of piperidine rings is 1. The molecule has 1 aromatic heterocycles. The van der Waals surface area contributed by atoms with E-state index in [1.54, 1.807) is 11.3 Å². The lowest BCUT2D eigenvalue weighted by molar-refractivity contribution is -0.142. The molecule has 1 aliphatic heterocycles. The Morgan fingerprint density at radius 2 is 1.74 bits per heavy atom. The minimum absolute atomic E-state index is 0.0334. The number of nitrogens with one attached hydrogen (secondary N) is 1. The SMILES string of the molecule is Cc1ccc2nc(-c3ccc(NC(=O)C4CCN(C(=O)C(C)(C)C)CC4)cc3)sc2c1. The average Bonchev–Trinajstić information content (AvgIpc) is 3.16. The van der Waals surface area contributed by atoms with Gasteiger partial charge in [-0.25, -0.2) is 4.98 Å². The van der Waals surface area contributed by atoms with E-state index in [1.165, 1.54) is 10.3 Å². The predicted molar refractivity (Wildman–Crippen MR) is 127 cm³/mol. The Hall–Kier alpha value is -2.73. The number of anilines is 1. The van der Waals surface area contributed by atoms with E-state index in [2.05, 4.69) is 30.4 Å². The van der Waals surface area contributed by atoms with Crippen molar-refractivity contribution in [2.45, 2.75) is 40.5 Å². The normalized spacial score (nSPS) is 15.3. The molecule has 1 saturated heterocycles. The maximum absolute atomic E-state index is 12.7. The van der Waals surface area contributed by atoms with Crippen LogP contribution in [0, 0.1) is 18.3 Å². The monoisotopic (exact) mass is 435 g/mol. The Labute approximate surface area is 187 Å². The molecule has 3 aromatic rings. The molecule has 1 fully saturated rings. The fraction of sp³-hybridized carbons (Fsp3) is 0.400. The van der Waals surface area contributed by atoms with Gasteiger partial charge < -0.3 is 10.2 Å². The van der Waals surface area contributed by atoms with Crippen LogP contribution in [0.1, 0.15) is 39.2 Å². The van der Waals surface area contributed by atoms with Crippen LogP contribution in [-0.4, -0.2) is 34.8 Å². The molecule has 0 spiro atoms. The van der Waals surface area contributed by atoms with E-state index >= 15 is 0 Å². The fourth-order valence-corrected chi connectivity index (χ4v) is 4.98. The molecule has 1 aliphatic rings. The number of amides is 2. The van der Waals surface area contributed by atoms with Gasteiger partial charge in [-0.1, -0.05) is 26.8 Å². The third kappa shape index (κ3) is 4.79. The summed E-state index contributed by atoms with van der Waals surface area (Å²) < 4.78 is 1.18. The molecule has 2 heterocycles. The van der Waals surface area contributed by atoms with E-state index < -0.39 is 0 Å². The molecule has 6 heteroatoms. The molecule has 4 rings (SSSR count). The molecule has 0 atom stereocenters. The van der Waals surface area contributed by atoms with E-state index in [0.717, 1.165) is 21.8 Å². The maximum atomic E-state index is 12.7. The highest BCUT2D eigenvalue weighted by Gasteiger charge is 2.32. The molecule has 31 heavy (non-hydrogen) atoms. The third-order valence-corrected chi connectivity index (χ3v) is 6.81. The van der Waals surface area contributed by atoms with Crippen LogP contribution in [0.25, 0.3) is 20.8 Å². The van der Waals surface area contributed by atoms with Crippen LogP contribution in [0.2, 0.25) is 0 Å². The lowest BCUT2D eigenvalue weighted by Crippen LogP contribution is -2.45. The maximum Gasteiger partial charge on any atom is 0.227 e. The van der Waals surface area contributed by atoms with Crippen molar-refractivity contribution in [2.75, 3.05) is 18.4 Å². The summed E-state index contributed by atoms with van der Waals surface area (Å²) in [6.07, 6.45) is 1.41. The van der Waals surface area contributed by atoms with Crippen molar-refractivity contribution in [1.82, 2.24) is 9.88 Å². The molecule has 2 amide bonds. The van der Waals surface area contributed by atoms with E-state index in [4.69, 9.17) is 4.98 Å². The second kappa shape index (κ2) is 8.42. The number of hydrogen-bond donors (Lipinski definition) is 1. The molecule has 1 N–H and O–H groups in total. The van der Waals surface area contributed by atoms with Crippen LogP contribution in [-0.2, 0) is 9.59 Å². The molecule has 0 bridgehead atoms. The van der Waals surface area contributed by atoms with Crippen molar-refractivity contribution < 1.29 is 9.59 Å². The van der Waals surface area contributed by atoms with Gasteiger partial charge in [-0.05, 0) is 61.7 Å². The van der Waals surface area contributed by atoms with Crippen molar-refractivity contribution >= 4 is 39.1 Å². The van der Waals surface area contributed by atoms with Crippen LogP contribution >= 0.6 is 11.3 Å². The first-order valence-electron chi connectivity index (χ1n) is 10.8. The Bertz CT molecular complexity index is 1100. The summed E-state index contributed by atoms with van der Waals surface area (Å²) >= 11 is 1.68. The molecular weight excluding hydrogens is 406 g/mol. The second-order valence-corrected chi connectivity index (χ2v) is 10.4. The van der Waals surface area contributed by atoms with Gasteiger partial charge in [0.1, 0.15) is 5.01 Å². The summed E-state index contributed by atoms with van der Waals surface area (Å²) in [6, 6.07) is 14.2. The van der Waals surface area contributed by atoms with Crippen molar-refractivity contribution in [1.29, 1.82) is 0 Å². The number of hydrogen-bond acceptors (Lipinski definition) is 4. The predicted octanol–water partition coefficient (Wildman–Crippen LogP) is 5.49. The first-order chi connectivity index (χ1) is 14.7. The van der Waals surface area contributed by atoms with Crippen LogP contribution in [0.5, 0.6) is 0 Å². The minimum Gasteiger partial charge on any atom is -0.342 e. The summed E-state index contributed by atoms with van der Waals surface area (Å²) in [5.41, 5.74) is 3.71. The van der Waals surface area contributed by atoms with Gasteiger partial charge in [0.15, 0.2) is 0 Å². The highest BCUT2D eigenvalue weighted by atomic mass is 32.1. The Kier molecular flexibility index (Phi) is 5.84. The van der Waals surface area contributed by atoms with Crippen LogP contribution in [0.3, 0.4) is 0 Å². The van der Waals surface area contributed by atoms with Crippen LogP contribution in [0.4, 0.5) is 5.69 Å². The topological polar surface area (TPSA) is 62.3 Å². The summed E-state index contributed by atoms with van der Waals surface area (Å²) in [7, 11) is 0. The second-order valence-electron chi connectivity index (χ2n) is 9.37. The zero-order valence-electron chi connectivity index (χ0n) is 18.6. The van der Waals surface area contributed by atoms with Gasteiger partial charge in [0, 0.05) is 35.7 Å². The Morgan fingerprint density at radius 1 is 1.06 bits per heavy atom. The number of thiazole rings is 1. The highest BCUT2D eigenvalue weighted by molar-refractivity contribution is 7.21. The zero-order valence-corrected chi connectivity index (χ0v) is 19.4. The quantitative estimate of drug-likeness (QED) is 0.591. The van der Waals surface area contributed by atoms with Crippen molar-refractivity contribution in [3.63, 3.8) is 0 Å². The molecule has 0 unspecified atom stereocenters. The van der Waals surface area contributed by atoms with Gasteiger partial charge in [0.25, 0.3) is 0 Å². The van der Waals surface area contributed by atoms with Crippen molar-refractivity contribution in [3.8, 4) is 10.6 Å². The number of carbonyl (C=O) groups excluding carboxylic acids is 2. The van der Waals surface area contributed by atoms with E-state index in [-0.39, 0.29) is 23.1 Å². The highest BCUT2D eigenvalue weighted by Crippen LogP contribution is 2.31. The molecule has 0 radical (unpaired) electrons. The Morgan fingerprint density at radius 3 is 2.39 bits per heavy atom. The number of benzene rings is 2. The standard InChI is InChI=1S/C25H29N3O2S/c1-16-5-10-20-21(15-16)31-23(27-20)18-6-8-19(9-7-18)26-22(29)17-11-13-28(14-12-17)24(30)25(2,3)4/h5-10,15,17H,11-14H2,1-4H3,(H,26,29). The van der Waals surface area contributed by atoms with Gasteiger partial charge in [0.2, 0.25) is 11.8 Å². The zero-order chi connectivity index (χ0) is 22.2. The molecule has 5 nitrogen and oxygen atoms in total. The van der Waals surface area contributed by atoms with Gasteiger partial charge in [-0.2, -0.15) is 0 Å². The van der Waals surface area contributed by atoms with E-state index in [0.29, 0.717) is 25.9 Å². The lowest BCUT2D eigenvalue weighted by Gasteiger charge is -2.35.